The molecule has 1 aliphatic rings. The second kappa shape index (κ2) is 2.59. The maximum Gasteiger partial charge on any atom is 0.339 e. The molecule has 0 aliphatic carbocycles. The normalized spacial score (nSPS) is 25.5. The van der Waals surface area contributed by atoms with Crippen LogP contribution in [0.1, 0.15) is 36.2 Å². The van der Waals surface area contributed by atoms with Crippen LogP contribution in [0.5, 0.6) is 0 Å². The van der Waals surface area contributed by atoms with Crippen molar-refractivity contribution in [3.63, 3.8) is 0 Å². The molecule has 0 saturated heterocycles. The first-order valence-electron chi connectivity index (χ1n) is 4.50. The largest absolute Gasteiger partial charge is 0.451 e. The van der Waals surface area contributed by atoms with E-state index in [1.165, 1.54) is 0 Å². The molecule has 1 aromatic carbocycles. The molecule has 0 saturated carbocycles. The Morgan fingerprint density at radius 1 is 1.38 bits per heavy atom. The highest BCUT2D eigenvalue weighted by Crippen LogP contribution is 2.38. The molecular formula is C11H12O2. The third-order valence-corrected chi connectivity index (χ3v) is 2.71. The molecule has 0 bridgehead atoms. The van der Waals surface area contributed by atoms with E-state index in [0.29, 0.717) is 5.56 Å². The van der Waals surface area contributed by atoms with Gasteiger partial charge in [0, 0.05) is 5.56 Å². The van der Waals surface area contributed by atoms with Gasteiger partial charge in [0.15, 0.2) is 0 Å². The van der Waals surface area contributed by atoms with Crippen molar-refractivity contribution in [2.45, 2.75) is 25.9 Å². The standard InChI is InChI=1S/C11H12O2/c1-3-11(2)9-7-5-4-6-8(9)10(12)13-11/h4-7H,3H2,1-2H3/t11-/m1/s1. The Kier molecular flexibility index (Phi) is 1.65. The van der Waals surface area contributed by atoms with Crippen LogP contribution in [0.15, 0.2) is 24.3 Å². The summed E-state index contributed by atoms with van der Waals surface area (Å²) in [5, 5.41) is 0. The fourth-order valence-electron chi connectivity index (χ4n) is 1.70. The summed E-state index contributed by atoms with van der Waals surface area (Å²) < 4.78 is 5.33. The van der Waals surface area contributed by atoms with Gasteiger partial charge >= 0.3 is 5.97 Å². The molecule has 0 fully saturated rings. The molecule has 1 heterocycles. The van der Waals surface area contributed by atoms with Crippen molar-refractivity contribution in [2.24, 2.45) is 0 Å². The van der Waals surface area contributed by atoms with Crippen LogP contribution >= 0.6 is 0 Å². The summed E-state index contributed by atoms with van der Waals surface area (Å²) in [5.41, 5.74) is 1.32. The average molecular weight is 176 g/mol. The van der Waals surface area contributed by atoms with Crippen LogP contribution in [0, 0.1) is 0 Å². The summed E-state index contributed by atoms with van der Waals surface area (Å²) in [7, 11) is 0. The van der Waals surface area contributed by atoms with Gasteiger partial charge in [-0.05, 0) is 19.4 Å². The van der Waals surface area contributed by atoms with Crippen molar-refractivity contribution in [2.75, 3.05) is 0 Å². The van der Waals surface area contributed by atoms with Gasteiger partial charge in [-0.2, -0.15) is 0 Å². The van der Waals surface area contributed by atoms with E-state index < -0.39 is 5.60 Å². The first-order chi connectivity index (χ1) is 6.17. The first-order valence-corrected chi connectivity index (χ1v) is 4.50. The molecule has 0 unspecified atom stereocenters. The summed E-state index contributed by atoms with van der Waals surface area (Å²) in [6.45, 7) is 3.98. The third-order valence-electron chi connectivity index (χ3n) is 2.71. The zero-order valence-corrected chi connectivity index (χ0v) is 7.83. The second-order valence-corrected chi connectivity index (χ2v) is 3.52. The van der Waals surface area contributed by atoms with E-state index >= 15 is 0 Å². The maximum absolute atomic E-state index is 11.4. The van der Waals surface area contributed by atoms with Crippen molar-refractivity contribution in [1.82, 2.24) is 0 Å². The predicted molar refractivity (Wildman–Crippen MR) is 49.5 cm³/mol. The van der Waals surface area contributed by atoms with Gasteiger partial charge in [-0.1, -0.05) is 25.1 Å². The van der Waals surface area contributed by atoms with Crippen LogP contribution < -0.4 is 0 Å². The fraction of sp³-hybridized carbons (Fsp3) is 0.364. The van der Waals surface area contributed by atoms with E-state index in [1.807, 2.05) is 38.1 Å². The van der Waals surface area contributed by atoms with Crippen LogP contribution in [-0.2, 0) is 10.3 Å². The lowest BCUT2D eigenvalue weighted by molar-refractivity contribution is -0.000769. The topological polar surface area (TPSA) is 26.3 Å². The number of carbonyl (C=O) groups excluding carboxylic acids is 1. The molecule has 1 aliphatic heterocycles. The minimum atomic E-state index is -0.409. The Balaban J connectivity index is 2.59. The van der Waals surface area contributed by atoms with Gasteiger partial charge < -0.3 is 4.74 Å². The number of rotatable bonds is 1. The lowest BCUT2D eigenvalue weighted by Crippen LogP contribution is -2.20. The van der Waals surface area contributed by atoms with Crippen LogP contribution in [0.25, 0.3) is 0 Å². The zero-order valence-electron chi connectivity index (χ0n) is 7.83. The van der Waals surface area contributed by atoms with Crippen LogP contribution in [0.3, 0.4) is 0 Å². The van der Waals surface area contributed by atoms with Gasteiger partial charge in [0.25, 0.3) is 0 Å². The molecule has 0 amide bonds. The number of hydrogen-bond donors (Lipinski definition) is 0. The SMILES string of the molecule is CC[C@@]1(C)OC(=O)c2ccccc21. The van der Waals surface area contributed by atoms with E-state index in [9.17, 15) is 4.79 Å². The smallest absolute Gasteiger partial charge is 0.339 e. The monoisotopic (exact) mass is 176 g/mol. The minimum absolute atomic E-state index is 0.194. The highest BCUT2D eigenvalue weighted by atomic mass is 16.6. The second-order valence-electron chi connectivity index (χ2n) is 3.52. The van der Waals surface area contributed by atoms with Gasteiger partial charge in [0.05, 0.1) is 5.56 Å². The quantitative estimate of drug-likeness (QED) is 0.614. The summed E-state index contributed by atoms with van der Waals surface area (Å²) in [6.07, 6.45) is 0.815. The van der Waals surface area contributed by atoms with Crippen molar-refractivity contribution in [3.05, 3.63) is 35.4 Å². The molecule has 0 radical (unpaired) electrons. The van der Waals surface area contributed by atoms with E-state index in [-0.39, 0.29) is 5.97 Å². The van der Waals surface area contributed by atoms with Crippen LogP contribution in [-0.4, -0.2) is 5.97 Å². The number of cyclic esters (lactones) is 1. The Labute approximate surface area is 77.5 Å². The number of ether oxygens (including phenoxy) is 1. The molecular weight excluding hydrogens is 164 g/mol. The van der Waals surface area contributed by atoms with Gasteiger partial charge in [-0.15, -0.1) is 0 Å². The Morgan fingerprint density at radius 3 is 2.77 bits per heavy atom. The molecule has 1 aromatic rings. The molecule has 2 nitrogen and oxygen atoms in total. The molecule has 13 heavy (non-hydrogen) atoms. The molecule has 2 heteroatoms. The van der Waals surface area contributed by atoms with E-state index in [0.717, 1.165) is 12.0 Å². The van der Waals surface area contributed by atoms with Crippen LogP contribution in [0.4, 0.5) is 0 Å². The highest BCUT2D eigenvalue weighted by molar-refractivity contribution is 5.94. The van der Waals surface area contributed by atoms with E-state index in [1.54, 1.807) is 0 Å². The Bertz CT molecular complexity index is 357. The maximum atomic E-state index is 11.4. The summed E-state index contributed by atoms with van der Waals surface area (Å²) in [5.74, 6) is -0.194. The molecule has 0 N–H and O–H groups in total. The van der Waals surface area contributed by atoms with Crippen molar-refractivity contribution >= 4 is 5.97 Å². The molecule has 1 atom stereocenters. The Hall–Kier alpha value is -1.31. The average Bonchev–Trinajstić information content (AvgIpc) is 2.42. The van der Waals surface area contributed by atoms with Crippen molar-refractivity contribution in [1.29, 1.82) is 0 Å². The molecule has 68 valence electrons. The first kappa shape index (κ1) is 8.30. The number of esters is 1. The zero-order chi connectivity index (χ0) is 9.47. The third kappa shape index (κ3) is 1.05. The van der Waals surface area contributed by atoms with Gasteiger partial charge in [-0.25, -0.2) is 4.79 Å². The van der Waals surface area contributed by atoms with Crippen molar-refractivity contribution < 1.29 is 9.53 Å². The van der Waals surface area contributed by atoms with Gasteiger partial charge in [-0.3, -0.25) is 0 Å². The summed E-state index contributed by atoms with van der Waals surface area (Å²) in [6, 6.07) is 7.58. The van der Waals surface area contributed by atoms with Crippen LogP contribution in [0.2, 0.25) is 0 Å². The number of benzene rings is 1. The lowest BCUT2D eigenvalue weighted by Gasteiger charge is -2.21. The van der Waals surface area contributed by atoms with Crippen molar-refractivity contribution in [3.8, 4) is 0 Å². The summed E-state index contributed by atoms with van der Waals surface area (Å²) in [4.78, 5) is 11.4. The van der Waals surface area contributed by atoms with E-state index in [4.69, 9.17) is 4.74 Å². The highest BCUT2D eigenvalue weighted by Gasteiger charge is 2.39. The van der Waals surface area contributed by atoms with Gasteiger partial charge in [0.2, 0.25) is 0 Å². The number of fused-ring (bicyclic) bond motifs is 1. The van der Waals surface area contributed by atoms with Gasteiger partial charge in [0.1, 0.15) is 5.60 Å². The molecule has 0 aromatic heterocycles. The van der Waals surface area contributed by atoms with E-state index in [2.05, 4.69) is 0 Å². The predicted octanol–water partition coefficient (Wildman–Crippen LogP) is 2.48. The Morgan fingerprint density at radius 2 is 2.08 bits per heavy atom. The fourth-order valence-corrected chi connectivity index (χ4v) is 1.70. The number of carbonyl (C=O) groups is 1. The summed E-state index contributed by atoms with van der Waals surface area (Å²) >= 11 is 0. The number of hydrogen-bond acceptors (Lipinski definition) is 2. The molecule has 0 spiro atoms. The minimum Gasteiger partial charge on any atom is -0.451 e. The lowest BCUT2D eigenvalue weighted by atomic mass is 9.92. The molecule has 2 rings (SSSR count).